The van der Waals surface area contributed by atoms with Crippen molar-refractivity contribution in [3.05, 3.63) is 23.8 Å². The Bertz CT molecular complexity index is 456. The first-order valence-corrected chi connectivity index (χ1v) is 5.37. The highest BCUT2D eigenvalue weighted by atomic mass is 16.7. The second-order valence-electron chi connectivity index (χ2n) is 4.53. The zero-order valence-corrected chi connectivity index (χ0v) is 9.77. The van der Waals surface area contributed by atoms with Gasteiger partial charge in [-0.25, -0.2) is 0 Å². The van der Waals surface area contributed by atoms with Crippen LogP contribution in [0, 0.1) is 0 Å². The second-order valence-corrected chi connectivity index (χ2v) is 4.53. The summed E-state index contributed by atoms with van der Waals surface area (Å²) in [4.78, 5) is 10.7. The molecule has 5 nitrogen and oxygen atoms in total. The van der Waals surface area contributed by atoms with Gasteiger partial charge in [0.1, 0.15) is 6.04 Å². The molecule has 3 N–H and O–H groups in total. The van der Waals surface area contributed by atoms with E-state index in [0.717, 1.165) is 5.56 Å². The average Bonchev–Trinajstić information content (AvgIpc) is 2.50. The Balaban J connectivity index is 2.16. The van der Waals surface area contributed by atoms with E-state index < -0.39 is 17.8 Å². The molecule has 1 heterocycles. The standard InChI is InChI=1S/C12H15NO4/c1-12(2)16-9-4-3-7(6-10(9)17-12)5-8(13)11(14)15/h3-4,6,8H,5,13H2,1-2H3,(H,14,15)/t8-/m0/s1. The molecule has 0 aliphatic carbocycles. The molecule has 0 unspecified atom stereocenters. The number of fused-ring (bicyclic) bond motifs is 1. The van der Waals surface area contributed by atoms with E-state index in [9.17, 15) is 4.79 Å². The van der Waals surface area contributed by atoms with Gasteiger partial charge in [0.2, 0.25) is 5.79 Å². The Labute approximate surface area is 99.1 Å². The fraction of sp³-hybridized carbons (Fsp3) is 0.417. The van der Waals surface area contributed by atoms with E-state index in [1.165, 1.54) is 0 Å². The average molecular weight is 237 g/mol. The predicted octanol–water partition coefficient (Wildman–Crippen LogP) is 1.15. The van der Waals surface area contributed by atoms with E-state index in [0.29, 0.717) is 11.5 Å². The summed E-state index contributed by atoms with van der Waals surface area (Å²) in [6, 6.07) is 4.44. The third-order valence-electron chi connectivity index (χ3n) is 2.49. The van der Waals surface area contributed by atoms with Gasteiger partial charge in [0.15, 0.2) is 11.5 Å². The molecule has 0 fully saturated rings. The van der Waals surface area contributed by atoms with Crippen molar-refractivity contribution in [3.63, 3.8) is 0 Å². The van der Waals surface area contributed by atoms with Crippen LogP contribution in [0.5, 0.6) is 11.5 Å². The summed E-state index contributed by atoms with van der Waals surface area (Å²) in [6.45, 7) is 3.63. The molecule has 1 aliphatic rings. The maximum Gasteiger partial charge on any atom is 0.320 e. The summed E-state index contributed by atoms with van der Waals surface area (Å²) in [5, 5.41) is 8.74. The molecule has 1 atom stereocenters. The minimum Gasteiger partial charge on any atom is -0.480 e. The van der Waals surface area contributed by atoms with Crippen molar-refractivity contribution in [1.29, 1.82) is 0 Å². The van der Waals surface area contributed by atoms with Gasteiger partial charge in [-0.05, 0) is 24.1 Å². The highest BCUT2D eigenvalue weighted by Gasteiger charge is 2.31. The minimum atomic E-state index is -1.01. The molecular weight excluding hydrogens is 222 g/mol. The van der Waals surface area contributed by atoms with Gasteiger partial charge in [-0.2, -0.15) is 0 Å². The Hall–Kier alpha value is -1.75. The minimum absolute atomic E-state index is 0.270. The van der Waals surface area contributed by atoms with Crippen molar-refractivity contribution in [3.8, 4) is 11.5 Å². The smallest absolute Gasteiger partial charge is 0.320 e. The van der Waals surface area contributed by atoms with E-state index in [2.05, 4.69) is 0 Å². The van der Waals surface area contributed by atoms with E-state index in [1.807, 2.05) is 13.8 Å². The highest BCUT2D eigenvalue weighted by Crippen LogP contribution is 2.39. The first-order chi connectivity index (χ1) is 7.87. The van der Waals surface area contributed by atoms with E-state index >= 15 is 0 Å². The zero-order valence-electron chi connectivity index (χ0n) is 9.77. The van der Waals surface area contributed by atoms with Crippen LogP contribution in [0.25, 0.3) is 0 Å². The Morgan fingerprint density at radius 3 is 2.71 bits per heavy atom. The molecular formula is C12H15NO4. The normalized spacial score (nSPS) is 17.8. The third-order valence-corrected chi connectivity index (χ3v) is 2.49. The molecule has 1 aliphatic heterocycles. The van der Waals surface area contributed by atoms with Crippen LogP contribution in [0.1, 0.15) is 19.4 Å². The van der Waals surface area contributed by atoms with Gasteiger partial charge in [-0.1, -0.05) is 6.07 Å². The Kier molecular flexibility index (Phi) is 2.71. The van der Waals surface area contributed by atoms with Gasteiger partial charge in [0, 0.05) is 13.8 Å². The maximum absolute atomic E-state index is 10.7. The van der Waals surface area contributed by atoms with Crippen LogP contribution < -0.4 is 15.2 Å². The summed E-state index contributed by atoms with van der Waals surface area (Å²) in [5.74, 6) is -0.383. The van der Waals surface area contributed by atoms with Gasteiger partial charge in [0.05, 0.1) is 0 Å². The first kappa shape index (κ1) is 11.7. The van der Waals surface area contributed by atoms with Crippen molar-refractivity contribution in [2.75, 3.05) is 0 Å². The fourth-order valence-corrected chi connectivity index (χ4v) is 1.74. The Morgan fingerprint density at radius 1 is 1.41 bits per heavy atom. The molecule has 1 aromatic rings. The van der Waals surface area contributed by atoms with Crippen LogP contribution in [-0.4, -0.2) is 22.9 Å². The van der Waals surface area contributed by atoms with Crippen molar-refractivity contribution in [2.45, 2.75) is 32.1 Å². The summed E-state index contributed by atoms with van der Waals surface area (Å²) in [6.07, 6.45) is 0.270. The number of nitrogens with two attached hydrogens (primary N) is 1. The number of hydrogen-bond acceptors (Lipinski definition) is 4. The molecule has 5 heteroatoms. The topological polar surface area (TPSA) is 81.8 Å². The number of aliphatic carboxylic acids is 1. The summed E-state index contributed by atoms with van der Waals surface area (Å²) in [7, 11) is 0. The van der Waals surface area contributed by atoms with Gasteiger partial charge in [0.25, 0.3) is 0 Å². The predicted molar refractivity (Wildman–Crippen MR) is 61.1 cm³/mol. The largest absolute Gasteiger partial charge is 0.480 e. The highest BCUT2D eigenvalue weighted by molar-refractivity contribution is 5.73. The summed E-state index contributed by atoms with van der Waals surface area (Å²) in [5.41, 5.74) is 6.29. The van der Waals surface area contributed by atoms with Crippen molar-refractivity contribution in [1.82, 2.24) is 0 Å². The van der Waals surface area contributed by atoms with Crippen LogP contribution in [0.2, 0.25) is 0 Å². The number of carboxylic acid groups (broad SMARTS) is 1. The molecule has 1 aromatic carbocycles. The van der Waals surface area contributed by atoms with Gasteiger partial charge < -0.3 is 20.3 Å². The van der Waals surface area contributed by atoms with Crippen molar-refractivity contribution in [2.24, 2.45) is 5.73 Å². The van der Waals surface area contributed by atoms with Crippen LogP contribution in [0.3, 0.4) is 0 Å². The molecule has 0 spiro atoms. The molecule has 0 saturated carbocycles. The van der Waals surface area contributed by atoms with Crippen LogP contribution in [-0.2, 0) is 11.2 Å². The Morgan fingerprint density at radius 2 is 2.06 bits per heavy atom. The second kappa shape index (κ2) is 3.92. The molecule has 0 bridgehead atoms. The summed E-state index contributed by atoms with van der Waals surface area (Å²) < 4.78 is 11.1. The molecule has 0 aromatic heterocycles. The number of carboxylic acids is 1. The number of ether oxygens (including phenoxy) is 2. The number of rotatable bonds is 3. The van der Waals surface area contributed by atoms with Gasteiger partial charge in [-0.15, -0.1) is 0 Å². The molecule has 0 amide bonds. The molecule has 17 heavy (non-hydrogen) atoms. The summed E-state index contributed by atoms with van der Waals surface area (Å²) >= 11 is 0. The van der Waals surface area contributed by atoms with Crippen LogP contribution >= 0.6 is 0 Å². The number of benzene rings is 1. The first-order valence-electron chi connectivity index (χ1n) is 5.37. The number of carbonyl (C=O) groups is 1. The lowest BCUT2D eigenvalue weighted by atomic mass is 10.1. The monoisotopic (exact) mass is 237 g/mol. The van der Waals surface area contributed by atoms with Gasteiger partial charge in [-0.3, -0.25) is 4.79 Å². The number of hydrogen-bond donors (Lipinski definition) is 2. The lowest BCUT2D eigenvalue weighted by Crippen LogP contribution is -2.32. The van der Waals surface area contributed by atoms with E-state index in [4.69, 9.17) is 20.3 Å². The van der Waals surface area contributed by atoms with Crippen LogP contribution in [0.15, 0.2) is 18.2 Å². The van der Waals surface area contributed by atoms with E-state index in [1.54, 1.807) is 18.2 Å². The van der Waals surface area contributed by atoms with Crippen molar-refractivity contribution >= 4 is 5.97 Å². The molecule has 2 rings (SSSR count). The van der Waals surface area contributed by atoms with E-state index in [-0.39, 0.29) is 6.42 Å². The SMILES string of the molecule is CC1(C)Oc2ccc(C[C@H](N)C(=O)O)cc2O1. The van der Waals surface area contributed by atoms with Crippen molar-refractivity contribution < 1.29 is 19.4 Å². The third kappa shape index (κ3) is 2.50. The quantitative estimate of drug-likeness (QED) is 0.824. The van der Waals surface area contributed by atoms with Gasteiger partial charge >= 0.3 is 5.97 Å². The van der Waals surface area contributed by atoms with Crippen LogP contribution in [0.4, 0.5) is 0 Å². The zero-order chi connectivity index (χ0) is 12.6. The lowest BCUT2D eigenvalue weighted by molar-refractivity contribution is -0.138. The molecule has 0 radical (unpaired) electrons. The molecule has 92 valence electrons. The maximum atomic E-state index is 10.7. The fourth-order valence-electron chi connectivity index (χ4n) is 1.74. The lowest BCUT2D eigenvalue weighted by Gasteiger charge is -2.16. The molecule has 0 saturated heterocycles.